The number of rotatable bonds is 7. The Hall–Kier alpha value is -1.11. The third-order valence-electron chi connectivity index (χ3n) is 2.58. The maximum atomic E-state index is 12.1. The molecule has 0 atom stereocenters. The van der Waals surface area contributed by atoms with Crippen LogP contribution in [0, 0.1) is 0 Å². The number of aliphatic hydroxyl groups is 1. The summed E-state index contributed by atoms with van der Waals surface area (Å²) in [5.41, 5.74) is -0.113. The van der Waals surface area contributed by atoms with Crippen LogP contribution in [-0.2, 0) is 9.84 Å². The van der Waals surface area contributed by atoms with Gasteiger partial charge in [0.25, 0.3) is 0 Å². The standard InChI is InChI=1S/C12H15ClO5S/c13-10-5-4-9(12(15)16)8-11(10)19(17,18)7-3-1-2-6-14/h4-5,8,14H,1-3,6-7H2,(H,15,16). The molecule has 0 unspecified atom stereocenters. The Kier molecular flexibility index (Phi) is 5.78. The SMILES string of the molecule is O=C(O)c1ccc(Cl)c(S(=O)(=O)CCCCCO)c1. The van der Waals surface area contributed by atoms with Gasteiger partial charge in [-0.25, -0.2) is 13.2 Å². The summed E-state index contributed by atoms with van der Waals surface area (Å²) in [5.74, 6) is -1.32. The Balaban J connectivity index is 2.94. The third-order valence-corrected chi connectivity index (χ3v) is 4.86. The quantitative estimate of drug-likeness (QED) is 0.751. The molecule has 0 saturated carbocycles. The summed E-state index contributed by atoms with van der Waals surface area (Å²) in [5, 5.41) is 17.5. The third kappa shape index (κ3) is 4.49. The minimum absolute atomic E-state index is 0.0205. The predicted molar refractivity (Wildman–Crippen MR) is 71.4 cm³/mol. The molecule has 0 amide bonds. The zero-order valence-electron chi connectivity index (χ0n) is 10.2. The average molecular weight is 307 g/mol. The number of halogens is 1. The van der Waals surface area contributed by atoms with Crippen LogP contribution in [0.5, 0.6) is 0 Å². The summed E-state index contributed by atoms with van der Waals surface area (Å²) in [4.78, 5) is 10.7. The van der Waals surface area contributed by atoms with Crippen molar-refractivity contribution in [3.8, 4) is 0 Å². The Bertz CT molecular complexity index is 553. The number of aromatic carboxylic acids is 1. The van der Waals surface area contributed by atoms with E-state index < -0.39 is 15.8 Å². The first-order chi connectivity index (χ1) is 8.88. The van der Waals surface area contributed by atoms with Gasteiger partial charge in [-0.2, -0.15) is 0 Å². The highest BCUT2D eigenvalue weighted by Gasteiger charge is 2.19. The van der Waals surface area contributed by atoms with Gasteiger partial charge in [0.2, 0.25) is 0 Å². The molecule has 0 fully saturated rings. The topological polar surface area (TPSA) is 91.7 Å². The van der Waals surface area contributed by atoms with Crippen molar-refractivity contribution in [3.05, 3.63) is 28.8 Å². The molecule has 0 spiro atoms. The normalized spacial score (nSPS) is 11.5. The Morgan fingerprint density at radius 1 is 1.21 bits per heavy atom. The van der Waals surface area contributed by atoms with E-state index >= 15 is 0 Å². The van der Waals surface area contributed by atoms with Crippen LogP contribution in [0.1, 0.15) is 29.6 Å². The highest BCUT2D eigenvalue weighted by atomic mass is 35.5. The van der Waals surface area contributed by atoms with E-state index in [2.05, 4.69) is 0 Å². The molecule has 2 N–H and O–H groups in total. The van der Waals surface area contributed by atoms with E-state index in [1.165, 1.54) is 12.1 Å². The lowest BCUT2D eigenvalue weighted by Crippen LogP contribution is -2.09. The van der Waals surface area contributed by atoms with Crippen molar-refractivity contribution < 1.29 is 23.4 Å². The number of carboxylic acid groups (broad SMARTS) is 1. The first-order valence-corrected chi connectivity index (χ1v) is 7.78. The maximum Gasteiger partial charge on any atom is 0.335 e. The number of aliphatic hydroxyl groups excluding tert-OH is 1. The van der Waals surface area contributed by atoms with Crippen LogP contribution in [0.2, 0.25) is 5.02 Å². The average Bonchev–Trinajstić information content (AvgIpc) is 2.34. The molecule has 0 radical (unpaired) electrons. The minimum Gasteiger partial charge on any atom is -0.478 e. The molecule has 0 aliphatic rings. The van der Waals surface area contributed by atoms with Crippen LogP contribution < -0.4 is 0 Å². The summed E-state index contributed by atoms with van der Waals surface area (Å²) in [6, 6.07) is 3.60. The number of hydrogen-bond donors (Lipinski definition) is 2. The van der Waals surface area contributed by atoms with Crippen molar-refractivity contribution in [2.24, 2.45) is 0 Å². The van der Waals surface area contributed by atoms with E-state index in [9.17, 15) is 13.2 Å². The molecule has 0 aliphatic carbocycles. The fourth-order valence-electron chi connectivity index (χ4n) is 1.57. The predicted octanol–water partition coefficient (Wildman–Crippen LogP) is 1.97. The van der Waals surface area contributed by atoms with E-state index in [0.717, 1.165) is 6.07 Å². The molecule has 5 nitrogen and oxygen atoms in total. The van der Waals surface area contributed by atoms with Crippen LogP contribution in [0.25, 0.3) is 0 Å². The van der Waals surface area contributed by atoms with Crippen LogP contribution in [0.4, 0.5) is 0 Å². The van der Waals surface area contributed by atoms with Gasteiger partial charge in [0.1, 0.15) is 0 Å². The van der Waals surface area contributed by atoms with Crippen molar-refractivity contribution in [1.29, 1.82) is 0 Å². The van der Waals surface area contributed by atoms with Crippen molar-refractivity contribution in [1.82, 2.24) is 0 Å². The van der Waals surface area contributed by atoms with Gasteiger partial charge in [0, 0.05) is 6.61 Å². The second kappa shape index (κ2) is 6.88. The highest BCUT2D eigenvalue weighted by molar-refractivity contribution is 7.91. The van der Waals surface area contributed by atoms with Crippen molar-refractivity contribution in [2.75, 3.05) is 12.4 Å². The number of benzene rings is 1. The van der Waals surface area contributed by atoms with Gasteiger partial charge in [0.15, 0.2) is 9.84 Å². The lowest BCUT2D eigenvalue weighted by molar-refractivity contribution is 0.0696. The second-order valence-corrected chi connectivity index (χ2v) is 6.54. The number of carboxylic acids is 1. The molecule has 0 saturated heterocycles. The van der Waals surface area contributed by atoms with Gasteiger partial charge in [-0.15, -0.1) is 0 Å². The zero-order chi connectivity index (χ0) is 14.5. The van der Waals surface area contributed by atoms with Crippen molar-refractivity contribution >= 4 is 27.4 Å². The summed E-state index contributed by atoms with van der Waals surface area (Å²) in [7, 11) is -3.60. The van der Waals surface area contributed by atoms with E-state index in [-0.39, 0.29) is 27.8 Å². The highest BCUT2D eigenvalue weighted by Crippen LogP contribution is 2.24. The van der Waals surface area contributed by atoms with Gasteiger partial charge in [-0.3, -0.25) is 0 Å². The molecule has 1 aromatic rings. The Morgan fingerprint density at radius 2 is 1.89 bits per heavy atom. The number of hydrogen-bond acceptors (Lipinski definition) is 4. The first kappa shape index (κ1) is 15.9. The molecule has 7 heteroatoms. The van der Waals surface area contributed by atoms with Crippen molar-refractivity contribution in [3.63, 3.8) is 0 Å². The molecule has 19 heavy (non-hydrogen) atoms. The monoisotopic (exact) mass is 306 g/mol. The van der Waals surface area contributed by atoms with E-state index in [0.29, 0.717) is 19.3 Å². The second-order valence-electron chi connectivity index (χ2n) is 4.05. The van der Waals surface area contributed by atoms with Gasteiger partial charge in [-0.1, -0.05) is 18.0 Å². The zero-order valence-corrected chi connectivity index (χ0v) is 11.7. The first-order valence-electron chi connectivity index (χ1n) is 5.75. The molecule has 0 aromatic heterocycles. The van der Waals surface area contributed by atoms with Gasteiger partial charge < -0.3 is 10.2 Å². The van der Waals surface area contributed by atoms with Crippen LogP contribution >= 0.6 is 11.6 Å². The van der Waals surface area contributed by atoms with Gasteiger partial charge in [-0.05, 0) is 31.0 Å². The lowest BCUT2D eigenvalue weighted by Gasteiger charge is -2.07. The molecule has 106 valence electrons. The maximum absolute atomic E-state index is 12.1. The van der Waals surface area contributed by atoms with Gasteiger partial charge >= 0.3 is 5.97 Å². The fourth-order valence-corrected chi connectivity index (χ4v) is 3.51. The Labute approximate surface area is 116 Å². The molecule has 0 aliphatic heterocycles. The summed E-state index contributed by atoms with van der Waals surface area (Å²) in [6.45, 7) is 0.0231. The Morgan fingerprint density at radius 3 is 2.47 bits per heavy atom. The van der Waals surface area contributed by atoms with Crippen LogP contribution in [-0.4, -0.2) is 37.0 Å². The summed E-state index contributed by atoms with van der Waals surface area (Å²) >= 11 is 5.81. The molecular weight excluding hydrogens is 292 g/mol. The molecule has 0 heterocycles. The fraction of sp³-hybridized carbons (Fsp3) is 0.417. The number of carbonyl (C=O) groups is 1. The molecular formula is C12H15ClO5S. The van der Waals surface area contributed by atoms with E-state index in [1.54, 1.807) is 0 Å². The van der Waals surface area contributed by atoms with Crippen LogP contribution in [0.15, 0.2) is 23.1 Å². The number of unbranched alkanes of at least 4 members (excludes halogenated alkanes) is 2. The lowest BCUT2D eigenvalue weighted by atomic mass is 10.2. The summed E-state index contributed by atoms with van der Waals surface area (Å²) < 4.78 is 24.1. The van der Waals surface area contributed by atoms with Gasteiger partial charge in [0.05, 0.1) is 21.2 Å². The smallest absolute Gasteiger partial charge is 0.335 e. The number of sulfone groups is 1. The largest absolute Gasteiger partial charge is 0.478 e. The minimum atomic E-state index is -3.60. The molecule has 0 bridgehead atoms. The summed E-state index contributed by atoms with van der Waals surface area (Å²) in [6.07, 6.45) is 1.53. The van der Waals surface area contributed by atoms with E-state index in [1.807, 2.05) is 0 Å². The van der Waals surface area contributed by atoms with Crippen LogP contribution in [0.3, 0.4) is 0 Å². The molecule has 1 aromatic carbocycles. The van der Waals surface area contributed by atoms with E-state index in [4.69, 9.17) is 21.8 Å². The molecule has 1 rings (SSSR count). The van der Waals surface area contributed by atoms with Crippen molar-refractivity contribution in [2.45, 2.75) is 24.2 Å².